The lowest BCUT2D eigenvalue weighted by Gasteiger charge is -2.30. The van der Waals surface area contributed by atoms with Crippen LogP contribution in [0.4, 0.5) is 4.39 Å². The van der Waals surface area contributed by atoms with Gasteiger partial charge in [-0.25, -0.2) is 4.39 Å². The standard InChI is InChI=1S/C22H27FN2O3S/c1-4-20(22(27)24-2)25(13-16-5-9-18(23)10-6-16)21(26)15-29-14-17-7-11-19(28-3)12-8-17/h5-12,20H,4,13-15H2,1-3H3,(H,24,27). The smallest absolute Gasteiger partial charge is 0.242 e. The van der Waals surface area contributed by atoms with Gasteiger partial charge in [0.15, 0.2) is 0 Å². The molecule has 7 heteroatoms. The molecule has 0 aliphatic rings. The average Bonchev–Trinajstić information content (AvgIpc) is 2.75. The van der Waals surface area contributed by atoms with Gasteiger partial charge >= 0.3 is 0 Å². The van der Waals surface area contributed by atoms with Crippen LogP contribution in [0.2, 0.25) is 0 Å². The molecule has 0 heterocycles. The van der Waals surface area contributed by atoms with Crippen LogP contribution in [0.15, 0.2) is 48.5 Å². The Labute approximate surface area is 175 Å². The Morgan fingerprint density at radius 3 is 2.28 bits per heavy atom. The van der Waals surface area contributed by atoms with E-state index in [0.717, 1.165) is 16.9 Å². The highest BCUT2D eigenvalue weighted by Gasteiger charge is 2.27. The number of amides is 2. The number of benzene rings is 2. The van der Waals surface area contributed by atoms with Crippen LogP contribution < -0.4 is 10.1 Å². The Bertz CT molecular complexity index is 797. The van der Waals surface area contributed by atoms with Crippen LogP contribution in [0.5, 0.6) is 5.75 Å². The van der Waals surface area contributed by atoms with Gasteiger partial charge in [-0.3, -0.25) is 9.59 Å². The zero-order valence-corrected chi connectivity index (χ0v) is 17.8. The lowest BCUT2D eigenvalue weighted by molar-refractivity contribution is -0.139. The topological polar surface area (TPSA) is 58.6 Å². The van der Waals surface area contributed by atoms with Gasteiger partial charge in [-0.05, 0) is 41.8 Å². The Morgan fingerprint density at radius 2 is 1.72 bits per heavy atom. The SMILES string of the molecule is CCC(C(=O)NC)N(Cc1ccc(F)cc1)C(=O)CSCc1ccc(OC)cc1. The molecule has 0 radical (unpaired) electrons. The minimum Gasteiger partial charge on any atom is -0.497 e. The van der Waals surface area contributed by atoms with Gasteiger partial charge in [0.1, 0.15) is 17.6 Å². The predicted molar refractivity (Wildman–Crippen MR) is 114 cm³/mol. The molecule has 156 valence electrons. The summed E-state index contributed by atoms with van der Waals surface area (Å²) in [6.07, 6.45) is 0.496. The van der Waals surface area contributed by atoms with E-state index in [0.29, 0.717) is 12.2 Å². The molecule has 2 aromatic rings. The van der Waals surface area contributed by atoms with Gasteiger partial charge in [-0.15, -0.1) is 11.8 Å². The van der Waals surface area contributed by atoms with E-state index in [9.17, 15) is 14.0 Å². The number of methoxy groups -OCH3 is 1. The summed E-state index contributed by atoms with van der Waals surface area (Å²) in [7, 11) is 3.18. The predicted octanol–water partition coefficient (Wildman–Crippen LogP) is 3.62. The molecule has 0 aliphatic heterocycles. The fourth-order valence-electron chi connectivity index (χ4n) is 2.93. The van der Waals surface area contributed by atoms with Crippen molar-refractivity contribution < 1.29 is 18.7 Å². The molecule has 0 aliphatic carbocycles. The first-order valence-corrected chi connectivity index (χ1v) is 10.6. The minimum absolute atomic E-state index is 0.122. The quantitative estimate of drug-likeness (QED) is 0.640. The summed E-state index contributed by atoms with van der Waals surface area (Å²) in [5, 5.41) is 2.63. The molecule has 29 heavy (non-hydrogen) atoms. The number of nitrogens with one attached hydrogen (secondary N) is 1. The summed E-state index contributed by atoms with van der Waals surface area (Å²) in [4.78, 5) is 26.8. The van der Waals surface area contributed by atoms with Crippen molar-refractivity contribution in [3.05, 3.63) is 65.5 Å². The number of hydrogen-bond acceptors (Lipinski definition) is 4. The van der Waals surface area contributed by atoms with Crippen molar-refractivity contribution in [1.82, 2.24) is 10.2 Å². The van der Waals surface area contributed by atoms with E-state index in [-0.39, 0.29) is 29.9 Å². The van der Waals surface area contributed by atoms with Crippen LogP contribution >= 0.6 is 11.8 Å². The number of thioether (sulfide) groups is 1. The van der Waals surface area contributed by atoms with Crippen molar-refractivity contribution in [2.45, 2.75) is 31.7 Å². The average molecular weight is 419 g/mol. The van der Waals surface area contributed by atoms with Crippen LogP contribution in [0.3, 0.4) is 0 Å². The second-order valence-electron chi connectivity index (χ2n) is 6.53. The highest BCUT2D eigenvalue weighted by atomic mass is 32.2. The van der Waals surface area contributed by atoms with Crippen LogP contribution in [0, 0.1) is 5.82 Å². The maximum atomic E-state index is 13.2. The third-order valence-electron chi connectivity index (χ3n) is 4.55. The Hall–Kier alpha value is -2.54. The second-order valence-corrected chi connectivity index (χ2v) is 7.51. The first kappa shape index (κ1) is 22.7. The van der Waals surface area contributed by atoms with Crippen LogP contribution in [-0.2, 0) is 21.9 Å². The molecule has 0 saturated carbocycles. The van der Waals surface area contributed by atoms with Crippen molar-refractivity contribution in [2.24, 2.45) is 0 Å². The summed E-state index contributed by atoms with van der Waals surface area (Å²) in [6.45, 7) is 2.13. The number of rotatable bonds is 10. The fourth-order valence-corrected chi connectivity index (χ4v) is 3.80. The number of ether oxygens (including phenoxy) is 1. The van der Waals surface area contributed by atoms with E-state index in [2.05, 4.69) is 5.32 Å². The van der Waals surface area contributed by atoms with Gasteiger partial charge < -0.3 is 15.0 Å². The summed E-state index contributed by atoms with van der Waals surface area (Å²) >= 11 is 1.49. The summed E-state index contributed by atoms with van der Waals surface area (Å²) < 4.78 is 18.4. The molecule has 5 nitrogen and oxygen atoms in total. The van der Waals surface area contributed by atoms with E-state index in [1.165, 1.54) is 23.9 Å². The number of hydrogen-bond donors (Lipinski definition) is 1. The van der Waals surface area contributed by atoms with Crippen molar-refractivity contribution in [3.8, 4) is 5.75 Å². The van der Waals surface area contributed by atoms with Gasteiger partial charge in [0.05, 0.1) is 12.9 Å². The minimum atomic E-state index is -0.570. The zero-order chi connectivity index (χ0) is 21.2. The molecule has 1 atom stereocenters. The Balaban J connectivity index is 2.05. The van der Waals surface area contributed by atoms with Gasteiger partial charge in [-0.1, -0.05) is 31.2 Å². The number of carbonyl (C=O) groups excluding carboxylic acids is 2. The zero-order valence-electron chi connectivity index (χ0n) is 17.0. The van der Waals surface area contributed by atoms with Crippen LogP contribution in [-0.4, -0.2) is 42.7 Å². The van der Waals surface area contributed by atoms with E-state index < -0.39 is 6.04 Å². The number of nitrogens with zero attached hydrogens (tertiary/aromatic N) is 1. The maximum absolute atomic E-state index is 13.2. The molecule has 1 unspecified atom stereocenters. The molecule has 2 aromatic carbocycles. The highest BCUT2D eigenvalue weighted by Crippen LogP contribution is 2.19. The molecule has 1 N–H and O–H groups in total. The molecular formula is C22H27FN2O3S. The molecule has 2 amide bonds. The summed E-state index contributed by atoms with van der Waals surface area (Å²) in [6, 6.07) is 13.1. The van der Waals surface area contributed by atoms with Gasteiger partial charge in [0.25, 0.3) is 0 Å². The largest absolute Gasteiger partial charge is 0.497 e. The van der Waals surface area contributed by atoms with E-state index >= 15 is 0 Å². The Kier molecular flexibility index (Phi) is 8.99. The third-order valence-corrected chi connectivity index (χ3v) is 5.54. The summed E-state index contributed by atoms with van der Waals surface area (Å²) in [5.74, 6) is 1.06. The van der Waals surface area contributed by atoms with Gasteiger partial charge in [0, 0.05) is 19.3 Å². The van der Waals surface area contributed by atoms with Crippen LogP contribution in [0.1, 0.15) is 24.5 Å². The lowest BCUT2D eigenvalue weighted by atomic mass is 10.1. The normalized spacial score (nSPS) is 11.6. The molecule has 0 aromatic heterocycles. The fraction of sp³-hybridized carbons (Fsp3) is 0.364. The van der Waals surface area contributed by atoms with Gasteiger partial charge in [0.2, 0.25) is 11.8 Å². The van der Waals surface area contributed by atoms with E-state index in [4.69, 9.17) is 4.74 Å². The Morgan fingerprint density at radius 1 is 1.10 bits per heavy atom. The monoisotopic (exact) mass is 418 g/mol. The highest BCUT2D eigenvalue weighted by molar-refractivity contribution is 7.99. The first-order valence-electron chi connectivity index (χ1n) is 9.44. The number of likely N-dealkylation sites (N-methyl/N-ethyl adjacent to an activating group) is 1. The maximum Gasteiger partial charge on any atom is 0.242 e. The molecule has 0 saturated heterocycles. The second kappa shape index (κ2) is 11.5. The first-order chi connectivity index (χ1) is 14.0. The number of carbonyl (C=O) groups is 2. The molecule has 0 bridgehead atoms. The third kappa shape index (κ3) is 6.78. The lowest BCUT2D eigenvalue weighted by Crippen LogP contribution is -2.48. The van der Waals surface area contributed by atoms with Crippen LogP contribution in [0.25, 0.3) is 0 Å². The van der Waals surface area contributed by atoms with Crippen molar-refractivity contribution >= 4 is 23.6 Å². The van der Waals surface area contributed by atoms with Crippen molar-refractivity contribution in [2.75, 3.05) is 19.9 Å². The van der Waals surface area contributed by atoms with Crippen molar-refractivity contribution in [1.29, 1.82) is 0 Å². The van der Waals surface area contributed by atoms with E-state index in [1.807, 2.05) is 31.2 Å². The van der Waals surface area contributed by atoms with E-state index in [1.54, 1.807) is 31.2 Å². The van der Waals surface area contributed by atoms with Gasteiger partial charge in [-0.2, -0.15) is 0 Å². The molecular weight excluding hydrogens is 391 g/mol. The molecule has 2 rings (SSSR count). The molecule has 0 spiro atoms. The number of halogens is 1. The summed E-state index contributed by atoms with van der Waals surface area (Å²) in [5.41, 5.74) is 1.87. The molecule has 0 fully saturated rings. The van der Waals surface area contributed by atoms with Crippen molar-refractivity contribution in [3.63, 3.8) is 0 Å².